The Bertz CT molecular complexity index is 323. The number of nitrogens with two attached hydrogens (primary N) is 1. The number of amides is 2. The molecule has 0 saturated carbocycles. The summed E-state index contributed by atoms with van der Waals surface area (Å²) < 4.78 is 4.74. The average molecular weight is 340 g/mol. The number of ether oxygens (including phenoxy) is 1. The van der Waals surface area contributed by atoms with Crippen LogP contribution in [0.15, 0.2) is 0 Å². The molecule has 7 nitrogen and oxygen atoms in total. The highest BCUT2D eigenvalue weighted by molar-refractivity contribution is 8.93. The maximum absolute atomic E-state index is 11.6. The number of rotatable bonds is 6. The summed E-state index contributed by atoms with van der Waals surface area (Å²) >= 11 is 0. The van der Waals surface area contributed by atoms with Gasteiger partial charge < -0.3 is 21.1 Å². The van der Waals surface area contributed by atoms with E-state index in [9.17, 15) is 14.4 Å². The van der Waals surface area contributed by atoms with E-state index in [-0.39, 0.29) is 23.6 Å². The third-order valence-electron chi connectivity index (χ3n) is 2.16. The van der Waals surface area contributed by atoms with Crippen LogP contribution in [-0.2, 0) is 19.1 Å². The predicted octanol–water partition coefficient (Wildman–Crippen LogP) is -0.516. The fraction of sp³-hybridized carbons (Fsp3) is 0.727. The van der Waals surface area contributed by atoms with Gasteiger partial charge in [-0.25, -0.2) is 4.79 Å². The molecule has 0 aromatic heterocycles. The first-order valence-electron chi connectivity index (χ1n) is 5.82. The zero-order chi connectivity index (χ0) is 14.3. The molecule has 112 valence electrons. The monoisotopic (exact) mass is 339 g/mol. The van der Waals surface area contributed by atoms with E-state index in [1.54, 1.807) is 6.92 Å². The zero-order valence-corrected chi connectivity index (χ0v) is 13.3. The Morgan fingerprint density at radius 1 is 1.05 bits per heavy atom. The van der Waals surface area contributed by atoms with Gasteiger partial charge in [-0.15, -0.1) is 17.0 Å². The first-order chi connectivity index (χ1) is 8.29. The summed E-state index contributed by atoms with van der Waals surface area (Å²) in [7, 11) is 0. The molecule has 0 rings (SSSR count). The third kappa shape index (κ3) is 7.78. The van der Waals surface area contributed by atoms with Gasteiger partial charge in [-0.2, -0.15) is 0 Å². The molecule has 0 aromatic carbocycles. The van der Waals surface area contributed by atoms with Crippen molar-refractivity contribution in [3.05, 3.63) is 0 Å². The second kappa shape index (κ2) is 9.74. The van der Waals surface area contributed by atoms with Crippen LogP contribution in [0.5, 0.6) is 0 Å². The molecule has 0 fully saturated rings. The lowest BCUT2D eigenvalue weighted by molar-refractivity contribution is -0.147. The Morgan fingerprint density at radius 3 is 1.95 bits per heavy atom. The van der Waals surface area contributed by atoms with E-state index in [1.807, 2.05) is 0 Å². The molecular weight excluding hydrogens is 318 g/mol. The Kier molecular flexibility index (Phi) is 10.3. The summed E-state index contributed by atoms with van der Waals surface area (Å²) in [5.74, 6) is -1.41. The number of carbonyl (C=O) groups is 3. The van der Waals surface area contributed by atoms with Crippen molar-refractivity contribution in [3.63, 3.8) is 0 Å². The van der Waals surface area contributed by atoms with Gasteiger partial charge in [-0.05, 0) is 27.7 Å². The Balaban J connectivity index is 0. The van der Waals surface area contributed by atoms with E-state index < -0.39 is 35.9 Å². The van der Waals surface area contributed by atoms with Gasteiger partial charge in [0.05, 0.1) is 12.6 Å². The van der Waals surface area contributed by atoms with Crippen molar-refractivity contribution in [2.24, 2.45) is 5.73 Å². The minimum absolute atomic E-state index is 0. The van der Waals surface area contributed by atoms with E-state index in [0.29, 0.717) is 0 Å². The molecule has 4 N–H and O–H groups in total. The number of nitrogens with one attached hydrogen (secondary N) is 2. The van der Waals surface area contributed by atoms with Crippen molar-refractivity contribution in [1.29, 1.82) is 0 Å². The van der Waals surface area contributed by atoms with Crippen LogP contribution in [0.4, 0.5) is 0 Å². The van der Waals surface area contributed by atoms with E-state index in [0.717, 1.165) is 0 Å². The van der Waals surface area contributed by atoms with E-state index in [2.05, 4.69) is 10.6 Å². The number of esters is 1. The van der Waals surface area contributed by atoms with E-state index in [4.69, 9.17) is 10.5 Å². The molecule has 0 bridgehead atoms. The fourth-order valence-corrected chi connectivity index (χ4v) is 1.07. The summed E-state index contributed by atoms with van der Waals surface area (Å²) in [5, 5.41) is 4.87. The lowest BCUT2D eigenvalue weighted by Gasteiger charge is -2.18. The minimum Gasteiger partial charge on any atom is -0.464 e. The standard InChI is InChI=1S/C11H21N3O4.BrH/c1-5-18-11(17)8(4)14-10(16)7(3)13-9(15)6(2)12;/h6-8H,5,12H2,1-4H3,(H,13,15)(H,14,16);1H/t6-,7-,8-;/m0./s1. The van der Waals surface area contributed by atoms with E-state index >= 15 is 0 Å². The molecule has 0 aromatic rings. The molecule has 0 aliphatic carbocycles. The molecule has 3 atom stereocenters. The van der Waals surface area contributed by atoms with Gasteiger partial charge in [-0.1, -0.05) is 0 Å². The van der Waals surface area contributed by atoms with Crippen LogP contribution in [0.2, 0.25) is 0 Å². The number of hydrogen-bond donors (Lipinski definition) is 3. The van der Waals surface area contributed by atoms with Gasteiger partial charge in [-0.3, -0.25) is 9.59 Å². The largest absolute Gasteiger partial charge is 0.464 e. The molecule has 19 heavy (non-hydrogen) atoms. The maximum atomic E-state index is 11.6. The van der Waals surface area contributed by atoms with Crippen LogP contribution in [0.3, 0.4) is 0 Å². The minimum atomic E-state index is -0.764. The average Bonchev–Trinajstić information content (AvgIpc) is 2.28. The first kappa shape index (κ1) is 20.2. The van der Waals surface area contributed by atoms with Crippen LogP contribution in [-0.4, -0.2) is 42.5 Å². The normalized spacial score (nSPS) is 14.4. The Hall–Kier alpha value is -1.15. The SMILES string of the molecule is Br.CCOC(=O)[C@H](C)NC(=O)[C@H](C)NC(=O)[C@H](C)N. The highest BCUT2D eigenvalue weighted by Crippen LogP contribution is 1.91. The van der Waals surface area contributed by atoms with Crippen molar-refractivity contribution in [3.8, 4) is 0 Å². The summed E-state index contributed by atoms with van der Waals surface area (Å²) in [4.78, 5) is 34.2. The van der Waals surface area contributed by atoms with Gasteiger partial charge in [0.2, 0.25) is 11.8 Å². The van der Waals surface area contributed by atoms with Crippen molar-refractivity contribution >= 4 is 34.8 Å². The zero-order valence-electron chi connectivity index (χ0n) is 11.6. The van der Waals surface area contributed by atoms with Crippen LogP contribution in [0, 0.1) is 0 Å². The molecule has 0 unspecified atom stereocenters. The second-order valence-corrected chi connectivity index (χ2v) is 4.00. The van der Waals surface area contributed by atoms with Crippen LogP contribution in [0.25, 0.3) is 0 Å². The van der Waals surface area contributed by atoms with Gasteiger partial charge in [0.1, 0.15) is 12.1 Å². The predicted molar refractivity (Wildman–Crippen MR) is 75.8 cm³/mol. The molecule has 0 heterocycles. The summed E-state index contributed by atoms with van der Waals surface area (Å²) in [6.45, 7) is 6.46. The topological polar surface area (TPSA) is 111 Å². The number of hydrogen-bond acceptors (Lipinski definition) is 5. The highest BCUT2D eigenvalue weighted by Gasteiger charge is 2.22. The molecule has 0 radical (unpaired) electrons. The quantitative estimate of drug-likeness (QED) is 0.564. The van der Waals surface area contributed by atoms with Gasteiger partial charge in [0.25, 0.3) is 0 Å². The van der Waals surface area contributed by atoms with Crippen molar-refractivity contribution < 1.29 is 19.1 Å². The number of halogens is 1. The second-order valence-electron chi connectivity index (χ2n) is 4.00. The fourth-order valence-electron chi connectivity index (χ4n) is 1.07. The summed E-state index contributed by atoms with van der Waals surface area (Å²) in [6.07, 6.45) is 0. The van der Waals surface area contributed by atoms with Crippen molar-refractivity contribution in [2.75, 3.05) is 6.61 Å². The summed E-state index contributed by atoms with van der Waals surface area (Å²) in [5.41, 5.74) is 5.36. The van der Waals surface area contributed by atoms with Crippen LogP contribution in [0.1, 0.15) is 27.7 Å². The van der Waals surface area contributed by atoms with Gasteiger partial charge >= 0.3 is 5.97 Å². The lowest BCUT2D eigenvalue weighted by Crippen LogP contribution is -2.52. The van der Waals surface area contributed by atoms with Crippen molar-refractivity contribution in [2.45, 2.75) is 45.8 Å². The summed E-state index contributed by atoms with van der Waals surface area (Å²) in [6, 6.07) is -2.21. The molecule has 0 spiro atoms. The first-order valence-corrected chi connectivity index (χ1v) is 5.82. The van der Waals surface area contributed by atoms with Gasteiger partial charge in [0.15, 0.2) is 0 Å². The lowest BCUT2D eigenvalue weighted by atomic mass is 10.2. The van der Waals surface area contributed by atoms with Crippen molar-refractivity contribution in [1.82, 2.24) is 10.6 Å². The van der Waals surface area contributed by atoms with E-state index in [1.165, 1.54) is 20.8 Å². The number of carbonyl (C=O) groups excluding carboxylic acids is 3. The molecule has 0 aliphatic rings. The highest BCUT2D eigenvalue weighted by atomic mass is 79.9. The van der Waals surface area contributed by atoms with Gasteiger partial charge in [0, 0.05) is 0 Å². The molecule has 0 saturated heterocycles. The maximum Gasteiger partial charge on any atom is 0.328 e. The third-order valence-corrected chi connectivity index (χ3v) is 2.16. The molecule has 0 aliphatic heterocycles. The molecule has 8 heteroatoms. The Morgan fingerprint density at radius 2 is 1.53 bits per heavy atom. The molecular formula is C11H22BrN3O4. The molecule has 2 amide bonds. The van der Waals surface area contributed by atoms with Crippen LogP contribution < -0.4 is 16.4 Å². The Labute approximate surface area is 123 Å². The smallest absolute Gasteiger partial charge is 0.328 e. The van der Waals surface area contributed by atoms with Crippen LogP contribution >= 0.6 is 17.0 Å².